The van der Waals surface area contributed by atoms with Crippen molar-refractivity contribution >= 4 is 232 Å². The number of aliphatic hydroxyl groups is 3. The molecule has 0 aliphatic rings. The standard InChI is InChI=1S/C8H10O3S.C6H8O2S.CH2O3.CH4O.2K.S11.S10.H/c1-6(10)12-5-8-4-11-3-7(8)2-9;7-1-5-2-8-3-6(5)4-9;2-1-4-3;1-2;;;1-3-5-7-9-11-10-8-6-4-2;1-3-5-7-9-10-8-6-4-2;/h3-4,9H,2,5H2,1H3;2-3,7,9H,1,4H2;1,3H;2H,1H3;;;;;/q;;;;2*+1;;;-1/p-1. The van der Waals surface area contributed by atoms with E-state index >= 15 is 0 Å². The number of hydrogen-bond acceptors (Lipinski definition) is 15. The van der Waals surface area contributed by atoms with Gasteiger partial charge in [-0.2, -0.15) is 12.6 Å². The van der Waals surface area contributed by atoms with Crippen LogP contribution in [0.25, 0.3) is 0 Å². The summed E-state index contributed by atoms with van der Waals surface area (Å²) in [5.74, 6) is 1.19. The van der Waals surface area contributed by atoms with Crippen molar-refractivity contribution in [2.45, 2.75) is 31.6 Å². The van der Waals surface area contributed by atoms with E-state index in [0.717, 1.165) is 29.4 Å². The average molecular weight is 1180 g/mol. The van der Waals surface area contributed by atoms with E-state index in [2.05, 4.69) is 62.3 Å². The molecule has 3 N–H and O–H groups in total. The van der Waals surface area contributed by atoms with Gasteiger partial charge in [-0.3, -0.25) is 9.59 Å². The van der Waals surface area contributed by atoms with Crippen LogP contribution in [0.3, 0.4) is 0 Å². The van der Waals surface area contributed by atoms with E-state index in [1.54, 1.807) is 128 Å². The molecular formula is C16H24K2O9S23. The Kier molecular flexibility index (Phi) is 83.9. The molecule has 0 unspecified atom stereocenters. The van der Waals surface area contributed by atoms with Crippen LogP contribution in [0, 0.1) is 0 Å². The minimum absolute atomic E-state index is 0. The zero-order valence-corrected chi connectivity index (χ0v) is 50.5. The van der Waals surface area contributed by atoms with Gasteiger partial charge in [0.05, 0.1) is 38.3 Å². The van der Waals surface area contributed by atoms with Crippen LogP contribution >= 0.6 is 24.4 Å². The Labute approximate surface area is 455 Å². The largest absolute Gasteiger partial charge is 1.00 e. The fraction of sp³-hybridized carbons (Fsp3) is 0.375. The quantitative estimate of drug-likeness (QED) is 0.0718. The van der Waals surface area contributed by atoms with Gasteiger partial charge in [-0.05, 0) is 0 Å². The topological polar surface area (TPSA) is 153 Å². The first-order valence-electron chi connectivity index (χ1n) is 10.4. The molecule has 2 aromatic rings. The molecule has 0 radical (unpaired) electrons. The smallest absolute Gasteiger partial charge is 1.00 e. The molecule has 0 aromatic carbocycles. The summed E-state index contributed by atoms with van der Waals surface area (Å²) in [7, 11) is 28.2. The number of carbonyl (C=O) groups is 2. The summed E-state index contributed by atoms with van der Waals surface area (Å²) in [5, 5.41) is 33.0. The van der Waals surface area contributed by atoms with Gasteiger partial charge >= 0.3 is 103 Å². The zero-order chi connectivity index (χ0) is 37.1. The molecule has 282 valence electrons. The molecule has 34 heteroatoms. The molecule has 0 atom stereocenters. The van der Waals surface area contributed by atoms with Crippen molar-refractivity contribution in [3.05, 3.63) is 47.3 Å². The monoisotopic (exact) mass is 1170 g/mol. The Hall–Kier alpha value is 6.13. The van der Waals surface area contributed by atoms with Crippen molar-refractivity contribution in [1.82, 2.24) is 0 Å². The van der Waals surface area contributed by atoms with E-state index in [1.807, 2.05) is 0 Å². The molecule has 0 saturated heterocycles. The van der Waals surface area contributed by atoms with E-state index in [-0.39, 0.29) is 129 Å². The number of carbonyl (C=O) groups excluding carboxylic acids is 2. The summed E-state index contributed by atoms with van der Waals surface area (Å²) in [6.45, 7) is 1.33. The maximum atomic E-state index is 10.6. The summed E-state index contributed by atoms with van der Waals surface area (Å²) in [6, 6.07) is 0. The molecule has 2 aromatic heterocycles. The van der Waals surface area contributed by atoms with Gasteiger partial charge in [0.15, 0.2) is 5.12 Å². The maximum Gasteiger partial charge on any atom is 1.00 e. The van der Waals surface area contributed by atoms with Gasteiger partial charge < -0.3 is 35.7 Å². The van der Waals surface area contributed by atoms with Crippen molar-refractivity contribution in [1.29, 1.82) is 0 Å². The predicted octanol–water partition coefficient (Wildman–Crippen LogP) is -5.13. The normalized spacial score (nSPS) is 7.66. The van der Waals surface area contributed by atoms with Gasteiger partial charge in [-0.25, -0.2) is 0 Å². The molecule has 0 saturated carbocycles. The average Bonchev–Trinajstić information content (AvgIpc) is 3.79. The second-order valence-corrected chi connectivity index (χ2v) is 37.0. The van der Waals surface area contributed by atoms with Crippen LogP contribution < -0.4 is 108 Å². The van der Waals surface area contributed by atoms with Gasteiger partial charge in [0.1, 0.15) is 0 Å². The van der Waals surface area contributed by atoms with Crippen molar-refractivity contribution < 1.29 is 148 Å². The zero-order valence-electron chi connectivity index (χ0n) is 26.4. The van der Waals surface area contributed by atoms with Crippen LogP contribution in [-0.4, -0.2) is 34.0 Å². The third-order valence-corrected chi connectivity index (χ3v) is 37.6. The summed E-state index contributed by atoms with van der Waals surface area (Å²) >= 11 is 23.9. The van der Waals surface area contributed by atoms with Crippen LogP contribution in [0.2, 0.25) is 0 Å². The minimum Gasteiger partial charge on any atom is -1.00 e. The maximum absolute atomic E-state index is 10.6. The summed E-state index contributed by atoms with van der Waals surface area (Å²) in [4.78, 5) is 21.9. The Bertz CT molecular complexity index is 1820. The molecule has 0 aliphatic heterocycles. The Morgan fingerprint density at radius 2 is 1.00 bits per heavy atom. The third kappa shape index (κ3) is 54.1. The van der Waals surface area contributed by atoms with Gasteiger partial charge in [0, 0.05) is 244 Å². The van der Waals surface area contributed by atoms with Crippen LogP contribution in [0.1, 0.15) is 30.6 Å². The molecule has 0 amide bonds. The third-order valence-electron chi connectivity index (χ3n) is 3.06. The summed E-state index contributed by atoms with van der Waals surface area (Å²) < 4.78 is 9.70. The van der Waals surface area contributed by atoms with E-state index in [1.165, 1.54) is 66.7 Å². The second kappa shape index (κ2) is 61.8. The summed E-state index contributed by atoms with van der Waals surface area (Å²) in [5.41, 5.74) is 3.42. The Balaban J connectivity index is -0.0000000947. The molecule has 50 heavy (non-hydrogen) atoms. The van der Waals surface area contributed by atoms with Crippen LogP contribution in [0.4, 0.5) is 0 Å². The van der Waals surface area contributed by atoms with Gasteiger partial charge in [0.25, 0.3) is 6.47 Å². The van der Waals surface area contributed by atoms with Crippen LogP contribution in [0.5, 0.6) is 0 Å². The molecule has 2 rings (SSSR count). The number of aliphatic hydroxyl groups excluding tert-OH is 3. The first-order chi connectivity index (χ1) is 23.4. The van der Waals surface area contributed by atoms with Gasteiger partial charge in [-0.15, -0.1) is 0 Å². The molecule has 0 fully saturated rings. The van der Waals surface area contributed by atoms with E-state index in [0.29, 0.717) is 11.5 Å². The summed E-state index contributed by atoms with van der Waals surface area (Å²) in [6.07, 6.45) is 6.18. The number of rotatable bonds is 6. The molecule has 0 spiro atoms. The number of thiol groups is 1. The molecule has 9 nitrogen and oxygen atoms in total. The van der Waals surface area contributed by atoms with Crippen molar-refractivity contribution in [2.24, 2.45) is 0 Å². The number of hydrogen-bond donors (Lipinski definition) is 4. The van der Waals surface area contributed by atoms with Gasteiger partial charge in [-0.1, -0.05) is 11.8 Å². The first-order valence-corrected chi connectivity index (χ1v) is 37.4. The number of furan rings is 2. The Morgan fingerprint density at radius 1 is 0.720 bits per heavy atom. The molecule has 2 heterocycles. The van der Waals surface area contributed by atoms with Gasteiger partial charge in [0.2, 0.25) is 0 Å². The van der Waals surface area contributed by atoms with Crippen LogP contribution in [-0.2, 0) is 235 Å². The van der Waals surface area contributed by atoms with Crippen molar-refractivity contribution in [2.75, 3.05) is 7.11 Å². The fourth-order valence-corrected chi connectivity index (χ4v) is 38.1. The Morgan fingerprint density at radius 3 is 1.24 bits per heavy atom. The minimum atomic E-state index is -0.181. The molecule has 0 aliphatic carbocycles. The van der Waals surface area contributed by atoms with E-state index < -0.39 is 0 Å². The molecule has 0 bridgehead atoms. The van der Waals surface area contributed by atoms with Crippen molar-refractivity contribution in [3.63, 3.8) is 0 Å². The van der Waals surface area contributed by atoms with Crippen LogP contribution in [0.15, 0.2) is 33.9 Å². The SMILES string of the molecule is CC(=O)SCc1cocc1CO.CO.O=CO[O-].OCc1cocc1CS.S=S=S=S=S=S=S=S=S=S.S=S=S=S=S=S=S=S=S=S=S.[H-].[K+].[K+]. The molecular weight excluding hydrogens is 1150 g/mol. The fourth-order valence-electron chi connectivity index (χ4n) is 1.57. The predicted molar refractivity (Wildman–Crippen MR) is 255 cm³/mol. The van der Waals surface area contributed by atoms with Crippen molar-refractivity contribution in [3.8, 4) is 0 Å². The second-order valence-electron chi connectivity index (χ2n) is 5.45. The first kappa shape index (κ1) is 67.9. The number of thioether (sulfide) groups is 1. The van der Waals surface area contributed by atoms with E-state index in [4.69, 9.17) is 34.2 Å². The van der Waals surface area contributed by atoms with E-state index in [9.17, 15) is 4.79 Å².